The van der Waals surface area contributed by atoms with Crippen molar-refractivity contribution in [2.45, 2.75) is 26.9 Å². The van der Waals surface area contributed by atoms with Crippen LogP contribution in [0.3, 0.4) is 0 Å². The van der Waals surface area contributed by atoms with Crippen molar-refractivity contribution >= 4 is 23.3 Å². The van der Waals surface area contributed by atoms with Crippen LogP contribution in [0.25, 0.3) is 0 Å². The number of carbonyl (C=O) groups is 2. The number of amides is 2. The van der Waals surface area contributed by atoms with Gasteiger partial charge in [0.25, 0.3) is 0 Å². The van der Waals surface area contributed by atoms with Gasteiger partial charge in [-0.25, -0.2) is 14.6 Å². The lowest BCUT2D eigenvalue weighted by Gasteiger charge is -2.04. The van der Waals surface area contributed by atoms with Gasteiger partial charge in [-0.05, 0) is 19.9 Å². The Balaban J connectivity index is 1.81. The van der Waals surface area contributed by atoms with Crippen molar-refractivity contribution in [3.05, 3.63) is 39.2 Å². The number of aryl methyl sites for hydroxylation is 2. The fourth-order valence-electron chi connectivity index (χ4n) is 1.71. The number of carboxylic acids is 1. The summed E-state index contributed by atoms with van der Waals surface area (Å²) in [6, 6.07) is 1.04. The molecule has 0 aromatic carbocycles. The monoisotopic (exact) mass is 309 g/mol. The first-order valence-corrected chi connectivity index (χ1v) is 7.09. The summed E-state index contributed by atoms with van der Waals surface area (Å²) in [5, 5.41) is 16.9. The van der Waals surface area contributed by atoms with E-state index in [-0.39, 0.29) is 18.1 Å². The van der Waals surface area contributed by atoms with Gasteiger partial charge in [0.15, 0.2) is 0 Å². The highest BCUT2D eigenvalue weighted by molar-refractivity contribution is 7.09. The number of aromatic carboxylic acids is 1. The van der Waals surface area contributed by atoms with Crippen LogP contribution in [0.15, 0.2) is 15.9 Å². The van der Waals surface area contributed by atoms with E-state index in [1.807, 2.05) is 12.3 Å². The molecule has 0 radical (unpaired) electrons. The molecule has 2 aromatic rings. The largest absolute Gasteiger partial charge is 0.478 e. The highest BCUT2D eigenvalue weighted by Gasteiger charge is 2.14. The van der Waals surface area contributed by atoms with Gasteiger partial charge in [-0.1, -0.05) is 0 Å². The van der Waals surface area contributed by atoms with Crippen LogP contribution in [0.1, 0.15) is 32.6 Å². The van der Waals surface area contributed by atoms with Crippen molar-refractivity contribution in [2.75, 3.05) is 0 Å². The SMILES string of the molecule is Cc1csc(CNC(=O)NCc2cc(C(=O)O)c(C)o2)n1. The number of nitrogens with one attached hydrogen (secondary N) is 2. The molecular weight excluding hydrogens is 294 g/mol. The van der Waals surface area contributed by atoms with Gasteiger partial charge in [-0.3, -0.25) is 0 Å². The molecule has 8 heteroatoms. The number of furan rings is 1. The van der Waals surface area contributed by atoms with E-state index in [0.717, 1.165) is 10.7 Å². The number of aromatic nitrogens is 1. The zero-order chi connectivity index (χ0) is 15.4. The predicted molar refractivity (Wildman–Crippen MR) is 76.3 cm³/mol. The van der Waals surface area contributed by atoms with Gasteiger partial charge in [0.05, 0.1) is 13.1 Å². The van der Waals surface area contributed by atoms with E-state index in [2.05, 4.69) is 15.6 Å². The Kier molecular flexibility index (Phi) is 4.59. The van der Waals surface area contributed by atoms with Crippen LogP contribution in [-0.4, -0.2) is 22.1 Å². The molecule has 21 heavy (non-hydrogen) atoms. The molecule has 2 heterocycles. The summed E-state index contributed by atoms with van der Waals surface area (Å²) in [6.45, 7) is 3.93. The first-order chi connectivity index (χ1) is 9.95. The number of thiazole rings is 1. The van der Waals surface area contributed by atoms with Crippen molar-refractivity contribution < 1.29 is 19.1 Å². The number of rotatable bonds is 5. The van der Waals surface area contributed by atoms with E-state index in [1.165, 1.54) is 17.4 Å². The molecule has 0 fully saturated rings. The van der Waals surface area contributed by atoms with Crippen molar-refractivity contribution in [3.63, 3.8) is 0 Å². The minimum absolute atomic E-state index is 0.102. The molecule has 2 rings (SSSR count). The third kappa shape index (κ3) is 4.06. The maximum absolute atomic E-state index is 11.6. The highest BCUT2D eigenvalue weighted by atomic mass is 32.1. The van der Waals surface area contributed by atoms with Crippen molar-refractivity contribution in [3.8, 4) is 0 Å². The molecule has 2 amide bonds. The molecule has 0 spiro atoms. The van der Waals surface area contributed by atoms with Crippen LogP contribution < -0.4 is 10.6 Å². The van der Waals surface area contributed by atoms with Gasteiger partial charge in [0, 0.05) is 11.1 Å². The Morgan fingerprint density at radius 2 is 2.05 bits per heavy atom. The van der Waals surface area contributed by atoms with Crippen LogP contribution in [-0.2, 0) is 13.1 Å². The fraction of sp³-hybridized carbons (Fsp3) is 0.308. The molecule has 0 saturated heterocycles. The van der Waals surface area contributed by atoms with Gasteiger partial charge >= 0.3 is 12.0 Å². The molecule has 3 N–H and O–H groups in total. The van der Waals surface area contributed by atoms with E-state index in [1.54, 1.807) is 6.92 Å². The number of hydrogen-bond acceptors (Lipinski definition) is 5. The Bertz CT molecular complexity index is 662. The maximum Gasteiger partial charge on any atom is 0.339 e. The van der Waals surface area contributed by atoms with Crippen LogP contribution in [0.4, 0.5) is 4.79 Å². The summed E-state index contributed by atoms with van der Waals surface area (Å²) in [5.74, 6) is -0.339. The molecule has 0 saturated carbocycles. The van der Waals surface area contributed by atoms with Gasteiger partial charge in [-0.2, -0.15) is 0 Å². The number of carboxylic acid groups (broad SMARTS) is 1. The maximum atomic E-state index is 11.6. The smallest absolute Gasteiger partial charge is 0.339 e. The van der Waals surface area contributed by atoms with Gasteiger partial charge in [-0.15, -0.1) is 11.3 Å². The van der Waals surface area contributed by atoms with Crippen LogP contribution >= 0.6 is 11.3 Å². The third-order valence-corrected chi connectivity index (χ3v) is 3.66. The minimum Gasteiger partial charge on any atom is -0.478 e. The lowest BCUT2D eigenvalue weighted by atomic mass is 10.2. The Morgan fingerprint density at radius 3 is 2.62 bits per heavy atom. The molecule has 2 aromatic heterocycles. The summed E-state index contributed by atoms with van der Waals surface area (Å²) in [5.41, 5.74) is 1.02. The van der Waals surface area contributed by atoms with Crippen LogP contribution in [0.2, 0.25) is 0 Å². The van der Waals surface area contributed by atoms with Gasteiger partial charge < -0.3 is 20.2 Å². The lowest BCUT2D eigenvalue weighted by molar-refractivity contribution is 0.0695. The second-order valence-electron chi connectivity index (χ2n) is 4.41. The van der Waals surface area contributed by atoms with E-state index in [4.69, 9.17) is 9.52 Å². The van der Waals surface area contributed by atoms with E-state index >= 15 is 0 Å². The molecule has 112 valence electrons. The first-order valence-electron chi connectivity index (χ1n) is 6.21. The van der Waals surface area contributed by atoms with E-state index in [0.29, 0.717) is 18.1 Å². The number of carbonyl (C=O) groups excluding carboxylic acids is 1. The average Bonchev–Trinajstić information content (AvgIpc) is 3.00. The second-order valence-corrected chi connectivity index (χ2v) is 5.35. The summed E-state index contributed by atoms with van der Waals surface area (Å²) in [7, 11) is 0. The van der Waals surface area contributed by atoms with Crippen molar-refractivity contribution in [2.24, 2.45) is 0 Å². The molecule has 0 unspecified atom stereocenters. The summed E-state index contributed by atoms with van der Waals surface area (Å²) < 4.78 is 5.26. The van der Waals surface area contributed by atoms with E-state index < -0.39 is 5.97 Å². The predicted octanol–water partition coefficient (Wildman–Crippen LogP) is 2.05. The average molecular weight is 309 g/mol. The summed E-state index contributed by atoms with van der Waals surface area (Å²) >= 11 is 1.48. The van der Waals surface area contributed by atoms with E-state index in [9.17, 15) is 9.59 Å². The minimum atomic E-state index is -1.05. The normalized spacial score (nSPS) is 10.4. The molecule has 0 bridgehead atoms. The molecule has 0 aliphatic carbocycles. The van der Waals surface area contributed by atoms with Gasteiger partial charge in [0.2, 0.25) is 0 Å². The Hall–Kier alpha value is -2.35. The molecule has 0 atom stereocenters. The summed E-state index contributed by atoms with van der Waals surface area (Å²) in [6.07, 6.45) is 0. The fourth-order valence-corrected chi connectivity index (χ4v) is 2.42. The molecule has 0 aliphatic heterocycles. The van der Waals surface area contributed by atoms with Crippen LogP contribution in [0.5, 0.6) is 0 Å². The molecule has 7 nitrogen and oxygen atoms in total. The van der Waals surface area contributed by atoms with Crippen molar-refractivity contribution in [1.29, 1.82) is 0 Å². The number of nitrogens with zero attached hydrogens (tertiary/aromatic N) is 1. The number of urea groups is 1. The molecule has 0 aliphatic rings. The first kappa shape index (κ1) is 15.0. The molecular formula is C13H15N3O4S. The standard InChI is InChI=1S/C13H15N3O4S/c1-7-6-21-11(16-7)5-15-13(19)14-4-9-3-10(12(17)18)8(2)20-9/h3,6H,4-5H2,1-2H3,(H,17,18)(H2,14,15,19). The summed E-state index contributed by atoms with van der Waals surface area (Å²) in [4.78, 5) is 26.7. The Morgan fingerprint density at radius 1 is 1.33 bits per heavy atom. The quantitative estimate of drug-likeness (QED) is 0.784. The second kappa shape index (κ2) is 6.40. The zero-order valence-electron chi connectivity index (χ0n) is 11.6. The number of hydrogen-bond donors (Lipinski definition) is 3. The van der Waals surface area contributed by atoms with Crippen LogP contribution in [0, 0.1) is 13.8 Å². The lowest BCUT2D eigenvalue weighted by Crippen LogP contribution is -2.34. The van der Waals surface area contributed by atoms with Crippen molar-refractivity contribution in [1.82, 2.24) is 15.6 Å². The zero-order valence-corrected chi connectivity index (χ0v) is 12.4. The van der Waals surface area contributed by atoms with Gasteiger partial charge in [0.1, 0.15) is 22.1 Å². The third-order valence-electron chi connectivity index (χ3n) is 2.69. The highest BCUT2D eigenvalue weighted by Crippen LogP contribution is 2.14. The Labute approximate surface area is 125 Å². The topological polar surface area (TPSA) is 104 Å².